The molecule has 154 valence electrons. The Labute approximate surface area is 191 Å². The van der Waals surface area contributed by atoms with Crippen LogP contribution in [0.2, 0.25) is 10.0 Å². The molecule has 3 aromatic carbocycles. The van der Waals surface area contributed by atoms with Gasteiger partial charge in [0.25, 0.3) is 0 Å². The lowest BCUT2D eigenvalue weighted by Gasteiger charge is -2.33. The van der Waals surface area contributed by atoms with Gasteiger partial charge in [0.15, 0.2) is 5.43 Å². The maximum atomic E-state index is 13.9. The summed E-state index contributed by atoms with van der Waals surface area (Å²) in [6.45, 7) is 0. The molecule has 0 bridgehead atoms. The second kappa shape index (κ2) is 7.75. The van der Waals surface area contributed by atoms with E-state index in [4.69, 9.17) is 23.2 Å². The van der Waals surface area contributed by atoms with Crippen LogP contribution in [-0.2, 0) is 4.79 Å². The van der Waals surface area contributed by atoms with Gasteiger partial charge in [0.1, 0.15) is 10.8 Å². The monoisotopic (exact) mass is 469 g/mol. The number of halogens is 3. The lowest BCUT2D eigenvalue weighted by Crippen LogP contribution is -2.35. The fraction of sp³-hybridized carbons (Fsp3) is 0.0833. The minimum Gasteiger partial charge on any atom is -0.289 e. The first kappa shape index (κ1) is 20.2. The average molecular weight is 470 g/mol. The molecule has 3 nitrogen and oxygen atoms in total. The SMILES string of the molecule is O=C1CC(c2cc(Cl)ccc2Cl)c2c(sc3cc(F)ccc3c2=O)N1c1ccccc1. The van der Waals surface area contributed by atoms with Gasteiger partial charge in [-0.05, 0) is 54.1 Å². The van der Waals surface area contributed by atoms with Crippen molar-refractivity contribution >= 4 is 61.2 Å². The molecule has 1 aromatic heterocycles. The minimum absolute atomic E-state index is 0.0661. The lowest BCUT2D eigenvalue weighted by molar-refractivity contribution is -0.118. The van der Waals surface area contributed by atoms with Gasteiger partial charge in [0, 0.05) is 43.7 Å². The molecule has 0 saturated carbocycles. The van der Waals surface area contributed by atoms with Crippen LogP contribution in [-0.4, -0.2) is 5.91 Å². The summed E-state index contributed by atoms with van der Waals surface area (Å²) in [7, 11) is 0. The average Bonchev–Trinajstić information content (AvgIpc) is 2.75. The van der Waals surface area contributed by atoms with Gasteiger partial charge in [-0.2, -0.15) is 0 Å². The molecule has 0 aliphatic carbocycles. The molecule has 2 heterocycles. The second-order valence-corrected chi connectivity index (χ2v) is 9.15. The van der Waals surface area contributed by atoms with Gasteiger partial charge in [-0.15, -0.1) is 11.3 Å². The molecule has 0 fully saturated rings. The number of carbonyl (C=O) groups is 1. The Morgan fingerprint density at radius 1 is 0.968 bits per heavy atom. The van der Waals surface area contributed by atoms with Crippen LogP contribution in [0.15, 0.2) is 71.5 Å². The van der Waals surface area contributed by atoms with Gasteiger partial charge in [0.2, 0.25) is 5.91 Å². The van der Waals surface area contributed by atoms with Crippen molar-refractivity contribution < 1.29 is 9.18 Å². The van der Waals surface area contributed by atoms with Crippen molar-refractivity contribution in [2.45, 2.75) is 12.3 Å². The predicted octanol–water partition coefficient (Wildman–Crippen LogP) is 6.91. The van der Waals surface area contributed by atoms with E-state index in [1.54, 1.807) is 35.2 Å². The zero-order valence-corrected chi connectivity index (χ0v) is 18.3. The van der Waals surface area contributed by atoms with E-state index in [9.17, 15) is 14.0 Å². The summed E-state index contributed by atoms with van der Waals surface area (Å²) in [4.78, 5) is 28.5. The molecule has 1 atom stereocenters. The number of fused-ring (bicyclic) bond motifs is 2. The van der Waals surface area contributed by atoms with Gasteiger partial charge in [-0.25, -0.2) is 4.39 Å². The van der Waals surface area contributed by atoms with Crippen molar-refractivity contribution in [2.24, 2.45) is 0 Å². The third-order valence-electron chi connectivity index (χ3n) is 5.40. The number of hydrogen-bond acceptors (Lipinski definition) is 3. The maximum Gasteiger partial charge on any atom is 0.233 e. The Balaban J connectivity index is 1.85. The summed E-state index contributed by atoms with van der Waals surface area (Å²) in [5.41, 5.74) is 1.51. The number of para-hydroxylation sites is 1. The number of nitrogens with zero attached hydrogens (tertiary/aromatic N) is 1. The molecule has 1 aliphatic heterocycles. The molecule has 0 saturated heterocycles. The molecule has 31 heavy (non-hydrogen) atoms. The number of carbonyl (C=O) groups excluding carboxylic acids is 1. The summed E-state index contributed by atoms with van der Waals surface area (Å²) in [6, 6.07) is 18.2. The highest BCUT2D eigenvalue weighted by Crippen LogP contribution is 2.47. The van der Waals surface area contributed by atoms with Crippen molar-refractivity contribution in [3.63, 3.8) is 0 Å². The Morgan fingerprint density at radius 3 is 2.52 bits per heavy atom. The molecule has 0 spiro atoms. The summed E-state index contributed by atoms with van der Waals surface area (Å²) in [5, 5.41) is 1.80. The lowest BCUT2D eigenvalue weighted by atomic mass is 9.85. The number of benzene rings is 3. The van der Waals surface area contributed by atoms with E-state index < -0.39 is 11.7 Å². The highest BCUT2D eigenvalue weighted by molar-refractivity contribution is 7.22. The first-order valence-electron chi connectivity index (χ1n) is 9.53. The molecule has 4 aromatic rings. The molecule has 5 rings (SSSR count). The summed E-state index contributed by atoms with van der Waals surface area (Å²) in [6.07, 6.45) is 0.0661. The Hall–Kier alpha value is -2.73. The number of hydrogen-bond donors (Lipinski definition) is 0. The van der Waals surface area contributed by atoms with E-state index in [1.807, 2.05) is 18.2 Å². The third kappa shape index (κ3) is 3.43. The van der Waals surface area contributed by atoms with Gasteiger partial charge >= 0.3 is 0 Å². The van der Waals surface area contributed by atoms with Gasteiger partial charge in [-0.1, -0.05) is 41.4 Å². The van der Waals surface area contributed by atoms with E-state index in [0.717, 1.165) is 0 Å². The van der Waals surface area contributed by atoms with Crippen LogP contribution in [0.1, 0.15) is 23.5 Å². The standard InChI is InChI=1S/C24H14Cl2FNO2S/c25-13-6-9-19(26)17(10-13)18-12-21(29)28(15-4-2-1-3-5-15)24-22(18)23(30)16-8-7-14(27)11-20(16)31-24/h1-11,18H,12H2. The van der Waals surface area contributed by atoms with Crippen molar-refractivity contribution in [3.8, 4) is 0 Å². The largest absolute Gasteiger partial charge is 0.289 e. The van der Waals surface area contributed by atoms with Crippen LogP contribution in [0.4, 0.5) is 15.1 Å². The van der Waals surface area contributed by atoms with E-state index in [1.165, 1.54) is 29.5 Å². The Morgan fingerprint density at radius 2 is 1.74 bits per heavy atom. The first-order valence-corrected chi connectivity index (χ1v) is 11.1. The fourth-order valence-corrected chi connectivity index (χ4v) is 5.73. The van der Waals surface area contributed by atoms with E-state index in [0.29, 0.717) is 41.9 Å². The second-order valence-electron chi connectivity index (χ2n) is 7.28. The van der Waals surface area contributed by atoms with E-state index in [2.05, 4.69) is 0 Å². The van der Waals surface area contributed by atoms with Crippen LogP contribution in [0.25, 0.3) is 10.1 Å². The molecule has 0 radical (unpaired) electrons. The molecule has 0 N–H and O–H groups in total. The normalized spacial score (nSPS) is 15.9. The topological polar surface area (TPSA) is 37.4 Å². The zero-order valence-electron chi connectivity index (χ0n) is 15.9. The molecule has 7 heteroatoms. The number of amides is 1. The zero-order chi connectivity index (χ0) is 21.7. The first-order chi connectivity index (χ1) is 14.9. The highest BCUT2D eigenvalue weighted by Gasteiger charge is 2.37. The highest BCUT2D eigenvalue weighted by atomic mass is 35.5. The smallest absolute Gasteiger partial charge is 0.233 e. The predicted molar refractivity (Wildman–Crippen MR) is 125 cm³/mol. The third-order valence-corrected chi connectivity index (χ3v) is 7.13. The summed E-state index contributed by atoms with van der Waals surface area (Å²) in [5.74, 6) is -1.16. The van der Waals surface area contributed by atoms with Crippen molar-refractivity contribution in [1.29, 1.82) is 0 Å². The molecular formula is C24H14Cl2FNO2S. The Bertz CT molecular complexity index is 1400. The summed E-state index contributed by atoms with van der Waals surface area (Å²) < 4.78 is 14.4. The maximum absolute atomic E-state index is 13.9. The summed E-state index contributed by atoms with van der Waals surface area (Å²) >= 11 is 13.9. The molecule has 1 amide bonds. The van der Waals surface area contributed by atoms with Crippen LogP contribution >= 0.6 is 34.5 Å². The number of rotatable bonds is 2. The van der Waals surface area contributed by atoms with Crippen molar-refractivity contribution in [3.05, 3.63) is 104 Å². The van der Waals surface area contributed by atoms with E-state index in [-0.39, 0.29) is 17.8 Å². The van der Waals surface area contributed by atoms with E-state index >= 15 is 0 Å². The van der Waals surface area contributed by atoms with Crippen LogP contribution in [0.3, 0.4) is 0 Å². The molecule has 1 unspecified atom stereocenters. The van der Waals surface area contributed by atoms with Crippen molar-refractivity contribution in [2.75, 3.05) is 4.90 Å². The number of anilines is 2. The molecular weight excluding hydrogens is 456 g/mol. The Kier molecular flexibility index (Phi) is 5.05. The quantitative estimate of drug-likeness (QED) is 0.319. The van der Waals surface area contributed by atoms with Crippen LogP contribution in [0.5, 0.6) is 0 Å². The van der Waals surface area contributed by atoms with Crippen LogP contribution < -0.4 is 10.3 Å². The molecule has 1 aliphatic rings. The van der Waals surface area contributed by atoms with Crippen molar-refractivity contribution in [1.82, 2.24) is 0 Å². The van der Waals surface area contributed by atoms with Gasteiger partial charge < -0.3 is 0 Å². The van der Waals surface area contributed by atoms with Gasteiger partial charge in [0.05, 0.1) is 0 Å². The fourth-order valence-electron chi connectivity index (χ4n) is 4.01. The van der Waals surface area contributed by atoms with Crippen LogP contribution in [0, 0.1) is 5.82 Å². The van der Waals surface area contributed by atoms with Gasteiger partial charge in [-0.3, -0.25) is 14.5 Å². The minimum atomic E-state index is -0.549.